The number of sulfonamides is 1. The van der Waals surface area contributed by atoms with Crippen molar-refractivity contribution < 1.29 is 17.9 Å². The standard InChI is InChI=1S/C24H20N2O4S/c1-26(2)31(28,29)21-10-6-9-20(16-21)23-25-22(24(27)30-23)15-17-11-13-19(14-12-17)18-7-4-3-5-8-18/h3-16H,1-2H3/b22-15+. The zero-order valence-corrected chi connectivity index (χ0v) is 17.8. The van der Waals surface area contributed by atoms with Gasteiger partial charge in [0.1, 0.15) is 0 Å². The number of hydrogen-bond acceptors (Lipinski definition) is 5. The number of aliphatic imine (C=N–C) groups is 1. The topological polar surface area (TPSA) is 76.0 Å². The first-order valence-corrected chi connectivity index (χ1v) is 11.0. The molecule has 0 amide bonds. The van der Waals surface area contributed by atoms with E-state index >= 15 is 0 Å². The molecule has 0 aromatic heterocycles. The first-order chi connectivity index (χ1) is 14.8. The van der Waals surface area contributed by atoms with Crippen molar-refractivity contribution in [2.75, 3.05) is 14.1 Å². The van der Waals surface area contributed by atoms with Crippen LogP contribution in [0, 0.1) is 0 Å². The first kappa shape index (κ1) is 20.7. The summed E-state index contributed by atoms with van der Waals surface area (Å²) in [6, 6.07) is 23.9. The predicted molar refractivity (Wildman–Crippen MR) is 120 cm³/mol. The largest absolute Gasteiger partial charge is 0.402 e. The van der Waals surface area contributed by atoms with Crippen LogP contribution in [0.3, 0.4) is 0 Å². The second-order valence-corrected chi connectivity index (χ2v) is 9.29. The van der Waals surface area contributed by atoms with Crippen LogP contribution in [0.15, 0.2) is 94.4 Å². The molecule has 4 rings (SSSR count). The van der Waals surface area contributed by atoms with E-state index < -0.39 is 16.0 Å². The summed E-state index contributed by atoms with van der Waals surface area (Å²) in [4.78, 5) is 16.7. The number of carbonyl (C=O) groups excluding carboxylic acids is 1. The van der Waals surface area contributed by atoms with Crippen molar-refractivity contribution in [1.29, 1.82) is 0 Å². The van der Waals surface area contributed by atoms with E-state index in [1.165, 1.54) is 26.2 Å². The first-order valence-electron chi connectivity index (χ1n) is 9.55. The van der Waals surface area contributed by atoms with Crippen LogP contribution < -0.4 is 0 Å². The number of carbonyl (C=O) groups is 1. The molecule has 0 fully saturated rings. The van der Waals surface area contributed by atoms with Crippen molar-refractivity contribution in [2.45, 2.75) is 4.90 Å². The van der Waals surface area contributed by atoms with E-state index in [1.54, 1.807) is 18.2 Å². The summed E-state index contributed by atoms with van der Waals surface area (Å²) >= 11 is 0. The van der Waals surface area contributed by atoms with E-state index in [0.29, 0.717) is 5.56 Å². The maximum absolute atomic E-state index is 12.4. The summed E-state index contributed by atoms with van der Waals surface area (Å²) in [5, 5.41) is 0. The Bertz CT molecular complexity index is 1290. The summed E-state index contributed by atoms with van der Waals surface area (Å²) in [6.07, 6.45) is 1.64. The van der Waals surface area contributed by atoms with Gasteiger partial charge in [-0.25, -0.2) is 22.5 Å². The quantitative estimate of drug-likeness (QED) is 0.452. The Morgan fingerprint density at radius 1 is 0.839 bits per heavy atom. The number of cyclic esters (lactones) is 1. The maximum Gasteiger partial charge on any atom is 0.363 e. The van der Waals surface area contributed by atoms with Gasteiger partial charge in [0.2, 0.25) is 15.9 Å². The fraction of sp³-hybridized carbons (Fsp3) is 0.0833. The van der Waals surface area contributed by atoms with Gasteiger partial charge in [0.05, 0.1) is 4.90 Å². The zero-order valence-electron chi connectivity index (χ0n) is 17.0. The number of esters is 1. The molecule has 0 spiro atoms. The van der Waals surface area contributed by atoms with Crippen molar-refractivity contribution in [2.24, 2.45) is 4.99 Å². The summed E-state index contributed by atoms with van der Waals surface area (Å²) in [6.45, 7) is 0. The van der Waals surface area contributed by atoms with Gasteiger partial charge in [-0.1, -0.05) is 60.7 Å². The fourth-order valence-electron chi connectivity index (χ4n) is 3.09. The lowest BCUT2D eigenvalue weighted by molar-refractivity contribution is -0.129. The van der Waals surface area contributed by atoms with Gasteiger partial charge in [0.25, 0.3) is 0 Å². The van der Waals surface area contributed by atoms with E-state index in [4.69, 9.17) is 4.74 Å². The van der Waals surface area contributed by atoms with E-state index in [1.807, 2.05) is 54.6 Å². The van der Waals surface area contributed by atoms with Crippen LogP contribution in [0.1, 0.15) is 11.1 Å². The second-order valence-electron chi connectivity index (χ2n) is 7.14. The summed E-state index contributed by atoms with van der Waals surface area (Å²) in [7, 11) is -0.694. The van der Waals surface area contributed by atoms with E-state index in [0.717, 1.165) is 21.0 Å². The maximum atomic E-state index is 12.4. The molecule has 0 radical (unpaired) electrons. The summed E-state index contributed by atoms with van der Waals surface area (Å²) in [5.74, 6) is -0.504. The highest BCUT2D eigenvalue weighted by Crippen LogP contribution is 2.24. The average Bonchev–Trinajstić information content (AvgIpc) is 3.15. The van der Waals surface area contributed by atoms with Crippen LogP contribution in [0.4, 0.5) is 0 Å². The van der Waals surface area contributed by atoms with Crippen molar-refractivity contribution in [3.05, 3.63) is 95.7 Å². The van der Waals surface area contributed by atoms with Gasteiger partial charge in [-0.15, -0.1) is 0 Å². The fourth-order valence-corrected chi connectivity index (χ4v) is 4.04. The molecule has 1 aliphatic rings. The molecule has 0 saturated heterocycles. The number of benzene rings is 3. The molecule has 0 bridgehead atoms. The van der Waals surface area contributed by atoms with Crippen molar-refractivity contribution in [3.8, 4) is 11.1 Å². The molecule has 1 heterocycles. The molecule has 0 saturated carbocycles. The number of rotatable bonds is 5. The average molecular weight is 433 g/mol. The van der Waals surface area contributed by atoms with Crippen LogP contribution >= 0.6 is 0 Å². The molecule has 0 atom stereocenters. The van der Waals surface area contributed by atoms with Gasteiger partial charge in [-0.2, -0.15) is 0 Å². The van der Waals surface area contributed by atoms with Gasteiger partial charge < -0.3 is 4.74 Å². The van der Waals surface area contributed by atoms with E-state index in [2.05, 4.69) is 4.99 Å². The van der Waals surface area contributed by atoms with Gasteiger partial charge in [0.15, 0.2) is 5.70 Å². The van der Waals surface area contributed by atoms with Crippen LogP contribution in [-0.2, 0) is 19.6 Å². The number of ether oxygens (including phenoxy) is 1. The number of nitrogens with zero attached hydrogens (tertiary/aromatic N) is 2. The monoisotopic (exact) mass is 432 g/mol. The molecule has 7 heteroatoms. The minimum Gasteiger partial charge on any atom is -0.402 e. The van der Waals surface area contributed by atoms with Crippen molar-refractivity contribution >= 4 is 28.0 Å². The van der Waals surface area contributed by atoms with E-state index in [-0.39, 0.29) is 16.5 Å². The van der Waals surface area contributed by atoms with E-state index in [9.17, 15) is 13.2 Å². The lowest BCUT2D eigenvalue weighted by atomic mass is 10.0. The Kier molecular flexibility index (Phi) is 5.54. The van der Waals surface area contributed by atoms with Crippen LogP contribution in [-0.4, -0.2) is 38.7 Å². The third-order valence-corrected chi connectivity index (χ3v) is 6.61. The lowest BCUT2D eigenvalue weighted by Gasteiger charge is -2.11. The summed E-state index contributed by atoms with van der Waals surface area (Å²) in [5.41, 5.74) is 3.55. The molecule has 1 aliphatic heterocycles. The third-order valence-electron chi connectivity index (χ3n) is 4.80. The van der Waals surface area contributed by atoms with Crippen LogP contribution in [0.2, 0.25) is 0 Å². The molecule has 6 nitrogen and oxygen atoms in total. The van der Waals surface area contributed by atoms with Crippen molar-refractivity contribution in [1.82, 2.24) is 4.31 Å². The predicted octanol–water partition coefficient (Wildman–Crippen LogP) is 3.95. The van der Waals surface area contributed by atoms with Crippen LogP contribution in [0.25, 0.3) is 17.2 Å². The minimum atomic E-state index is -3.61. The van der Waals surface area contributed by atoms with Gasteiger partial charge in [-0.3, -0.25) is 0 Å². The Morgan fingerprint density at radius 2 is 1.48 bits per heavy atom. The molecule has 156 valence electrons. The summed E-state index contributed by atoms with van der Waals surface area (Å²) < 4.78 is 31.1. The normalized spacial score (nSPS) is 15.3. The highest BCUT2D eigenvalue weighted by molar-refractivity contribution is 7.89. The second kappa shape index (κ2) is 8.29. The highest BCUT2D eigenvalue weighted by Gasteiger charge is 2.26. The third kappa shape index (κ3) is 4.33. The minimum absolute atomic E-state index is 0.0768. The van der Waals surface area contributed by atoms with Gasteiger partial charge in [0, 0.05) is 19.7 Å². The zero-order chi connectivity index (χ0) is 22.0. The molecular weight excluding hydrogens is 412 g/mol. The molecule has 3 aromatic rings. The molecule has 0 N–H and O–H groups in total. The van der Waals surface area contributed by atoms with Gasteiger partial charge in [-0.05, 0) is 41.0 Å². The molecule has 3 aromatic carbocycles. The molecule has 0 unspecified atom stereocenters. The highest BCUT2D eigenvalue weighted by atomic mass is 32.2. The Hall–Kier alpha value is -3.55. The SMILES string of the molecule is CN(C)S(=O)(=O)c1cccc(C2=N/C(=C/c3ccc(-c4ccccc4)cc3)C(=O)O2)c1. The molecular formula is C24H20N2O4S. The smallest absolute Gasteiger partial charge is 0.363 e. The number of hydrogen-bond donors (Lipinski definition) is 0. The molecule has 0 aliphatic carbocycles. The lowest BCUT2D eigenvalue weighted by Crippen LogP contribution is -2.22. The van der Waals surface area contributed by atoms with Crippen LogP contribution in [0.5, 0.6) is 0 Å². The van der Waals surface area contributed by atoms with Crippen molar-refractivity contribution in [3.63, 3.8) is 0 Å². The molecule has 31 heavy (non-hydrogen) atoms. The Balaban J connectivity index is 1.61. The Labute approximate surface area is 181 Å². The Morgan fingerprint density at radius 3 is 2.16 bits per heavy atom. The van der Waals surface area contributed by atoms with Gasteiger partial charge >= 0.3 is 5.97 Å².